The lowest BCUT2D eigenvalue weighted by Gasteiger charge is -2.00. The zero-order valence-electron chi connectivity index (χ0n) is 13.5. The van der Waals surface area contributed by atoms with E-state index >= 15 is 0 Å². The normalized spacial score (nSPS) is 12.4. The van der Waals surface area contributed by atoms with Crippen LogP contribution in [0.15, 0.2) is 41.5 Å². The van der Waals surface area contributed by atoms with Crippen molar-refractivity contribution < 1.29 is 4.79 Å². The summed E-state index contributed by atoms with van der Waals surface area (Å²) in [6, 6.07) is 9.91. The quantitative estimate of drug-likeness (QED) is 0.536. The highest BCUT2D eigenvalue weighted by atomic mass is 32.1. The molecule has 0 unspecified atom stereocenters. The molecule has 3 heterocycles. The molecule has 6 nitrogen and oxygen atoms in total. The van der Waals surface area contributed by atoms with Gasteiger partial charge in [0, 0.05) is 18.4 Å². The van der Waals surface area contributed by atoms with E-state index in [4.69, 9.17) is 0 Å². The first-order valence-electron chi connectivity index (χ1n) is 7.50. The Bertz CT molecular complexity index is 1160. The molecule has 0 saturated carbocycles. The fourth-order valence-electron chi connectivity index (χ4n) is 2.76. The Morgan fingerprint density at radius 2 is 2.04 bits per heavy atom. The number of nitrogens with zero attached hydrogens (tertiary/aromatic N) is 5. The fraction of sp³-hybridized carbons (Fsp3) is 0.176. The molecular weight excluding hydrogens is 322 g/mol. The number of carbonyl (C=O) groups is 1. The first-order chi connectivity index (χ1) is 11.5. The molecule has 120 valence electrons. The number of hydrogen-bond acceptors (Lipinski definition) is 4. The third kappa shape index (κ3) is 2.25. The van der Waals surface area contributed by atoms with Crippen LogP contribution in [0.4, 0.5) is 0 Å². The van der Waals surface area contributed by atoms with E-state index in [0.29, 0.717) is 16.0 Å². The lowest BCUT2D eigenvalue weighted by Crippen LogP contribution is -2.13. The topological polar surface area (TPSA) is 64.6 Å². The van der Waals surface area contributed by atoms with Crippen molar-refractivity contribution in [1.29, 1.82) is 0 Å². The van der Waals surface area contributed by atoms with Crippen LogP contribution in [0.3, 0.4) is 0 Å². The molecule has 0 radical (unpaired) electrons. The molecule has 0 aliphatic rings. The summed E-state index contributed by atoms with van der Waals surface area (Å²) < 4.78 is 4.69. The van der Waals surface area contributed by atoms with Crippen molar-refractivity contribution in [3.63, 3.8) is 0 Å². The minimum absolute atomic E-state index is 0.329. The maximum Gasteiger partial charge on any atom is 0.285 e. The molecule has 3 aromatic heterocycles. The second kappa shape index (κ2) is 5.38. The number of rotatable bonds is 1. The number of aryl methyl sites for hydroxylation is 3. The maximum atomic E-state index is 12.7. The first-order valence-corrected chi connectivity index (χ1v) is 8.32. The lowest BCUT2D eigenvalue weighted by atomic mass is 10.3. The SMILES string of the molecule is Cc1cc(C)n2ncc(C(=O)N=c3sc4ccccc4n3C)c2n1. The number of thiazole rings is 1. The number of para-hydroxylation sites is 1. The van der Waals surface area contributed by atoms with E-state index in [9.17, 15) is 4.79 Å². The van der Waals surface area contributed by atoms with Crippen LogP contribution >= 0.6 is 11.3 Å². The number of aromatic nitrogens is 4. The van der Waals surface area contributed by atoms with Crippen LogP contribution in [0, 0.1) is 13.8 Å². The molecule has 7 heteroatoms. The summed E-state index contributed by atoms with van der Waals surface area (Å²) in [5.41, 5.74) is 3.80. The monoisotopic (exact) mass is 337 g/mol. The standard InChI is InChI=1S/C17H15N5OS/c1-10-8-11(2)22-15(19-10)12(9-18-22)16(23)20-17-21(3)13-6-4-5-7-14(13)24-17/h4-9H,1-3H3. The van der Waals surface area contributed by atoms with Gasteiger partial charge in [0.05, 0.1) is 16.4 Å². The summed E-state index contributed by atoms with van der Waals surface area (Å²) in [5.74, 6) is -0.329. The van der Waals surface area contributed by atoms with E-state index in [2.05, 4.69) is 15.1 Å². The molecule has 0 aliphatic heterocycles. The van der Waals surface area contributed by atoms with E-state index < -0.39 is 0 Å². The zero-order valence-corrected chi connectivity index (χ0v) is 14.3. The Morgan fingerprint density at radius 3 is 2.83 bits per heavy atom. The summed E-state index contributed by atoms with van der Waals surface area (Å²) in [7, 11) is 1.91. The average Bonchev–Trinajstić information content (AvgIpc) is 3.10. The van der Waals surface area contributed by atoms with E-state index in [-0.39, 0.29) is 5.91 Å². The van der Waals surface area contributed by atoms with Gasteiger partial charge < -0.3 is 4.57 Å². The number of fused-ring (bicyclic) bond motifs is 2. The summed E-state index contributed by atoms with van der Waals surface area (Å²) in [6.45, 7) is 3.84. The van der Waals surface area contributed by atoms with Crippen molar-refractivity contribution in [3.05, 3.63) is 58.3 Å². The van der Waals surface area contributed by atoms with Crippen molar-refractivity contribution in [1.82, 2.24) is 19.2 Å². The first kappa shape index (κ1) is 14.8. The van der Waals surface area contributed by atoms with E-state index in [1.807, 2.05) is 55.8 Å². The Kier molecular flexibility index (Phi) is 3.31. The summed E-state index contributed by atoms with van der Waals surface area (Å²) in [4.78, 5) is 22.1. The third-order valence-corrected chi connectivity index (χ3v) is 5.03. The van der Waals surface area contributed by atoms with Crippen molar-refractivity contribution >= 4 is 33.1 Å². The second-order valence-corrected chi connectivity index (χ2v) is 6.67. The molecule has 0 fully saturated rings. The second-order valence-electron chi connectivity index (χ2n) is 5.66. The number of benzene rings is 1. The van der Waals surface area contributed by atoms with Gasteiger partial charge in [-0.2, -0.15) is 10.1 Å². The molecule has 0 saturated heterocycles. The van der Waals surface area contributed by atoms with Crippen LogP contribution in [0.2, 0.25) is 0 Å². The van der Waals surface area contributed by atoms with Crippen LogP contribution in [-0.4, -0.2) is 25.1 Å². The number of carbonyl (C=O) groups excluding carboxylic acids is 1. The van der Waals surface area contributed by atoms with Gasteiger partial charge in [0.15, 0.2) is 10.4 Å². The van der Waals surface area contributed by atoms with Gasteiger partial charge in [-0.1, -0.05) is 23.5 Å². The molecule has 0 N–H and O–H groups in total. The van der Waals surface area contributed by atoms with Crippen molar-refractivity contribution in [2.24, 2.45) is 12.0 Å². The predicted octanol–water partition coefficient (Wildman–Crippen LogP) is 2.64. The van der Waals surface area contributed by atoms with E-state index in [1.165, 1.54) is 17.5 Å². The summed E-state index contributed by atoms with van der Waals surface area (Å²) in [6.07, 6.45) is 1.54. The minimum atomic E-state index is -0.329. The highest BCUT2D eigenvalue weighted by molar-refractivity contribution is 7.16. The van der Waals surface area contributed by atoms with E-state index in [1.54, 1.807) is 4.52 Å². The van der Waals surface area contributed by atoms with Gasteiger partial charge in [0.25, 0.3) is 5.91 Å². The predicted molar refractivity (Wildman–Crippen MR) is 93.2 cm³/mol. The molecule has 0 atom stereocenters. The molecule has 0 bridgehead atoms. The van der Waals surface area contributed by atoms with Gasteiger partial charge in [0.2, 0.25) is 0 Å². The molecule has 4 aromatic rings. The van der Waals surface area contributed by atoms with Crippen LogP contribution in [0.1, 0.15) is 21.7 Å². The van der Waals surface area contributed by atoms with Crippen LogP contribution < -0.4 is 4.80 Å². The average molecular weight is 337 g/mol. The molecular formula is C17H15N5OS. The largest absolute Gasteiger partial charge is 0.319 e. The minimum Gasteiger partial charge on any atom is -0.319 e. The van der Waals surface area contributed by atoms with Gasteiger partial charge in [-0.3, -0.25) is 4.79 Å². The highest BCUT2D eigenvalue weighted by Crippen LogP contribution is 2.16. The van der Waals surface area contributed by atoms with Gasteiger partial charge in [0.1, 0.15) is 5.56 Å². The van der Waals surface area contributed by atoms with Crippen molar-refractivity contribution in [2.75, 3.05) is 0 Å². The maximum absolute atomic E-state index is 12.7. The lowest BCUT2D eigenvalue weighted by molar-refractivity contribution is 0.0999. The van der Waals surface area contributed by atoms with Gasteiger partial charge in [-0.15, -0.1) is 0 Å². The Hall–Kier alpha value is -2.80. The van der Waals surface area contributed by atoms with Crippen LogP contribution in [-0.2, 0) is 7.05 Å². The van der Waals surface area contributed by atoms with Gasteiger partial charge >= 0.3 is 0 Å². The van der Waals surface area contributed by atoms with Crippen molar-refractivity contribution in [3.8, 4) is 0 Å². The third-order valence-electron chi connectivity index (χ3n) is 3.92. The summed E-state index contributed by atoms with van der Waals surface area (Å²) in [5, 5.41) is 4.26. The smallest absolute Gasteiger partial charge is 0.285 e. The molecule has 1 aromatic carbocycles. The zero-order chi connectivity index (χ0) is 16.8. The molecule has 0 aliphatic carbocycles. The number of hydrogen-bond donors (Lipinski definition) is 0. The summed E-state index contributed by atoms with van der Waals surface area (Å²) >= 11 is 1.49. The molecule has 1 amide bonds. The van der Waals surface area contributed by atoms with Crippen molar-refractivity contribution in [2.45, 2.75) is 13.8 Å². The Labute approximate surface area is 141 Å². The van der Waals surface area contributed by atoms with E-state index in [0.717, 1.165) is 21.6 Å². The van der Waals surface area contributed by atoms with Crippen LogP contribution in [0.25, 0.3) is 15.9 Å². The number of amides is 1. The van der Waals surface area contributed by atoms with Crippen LogP contribution in [0.5, 0.6) is 0 Å². The fourth-order valence-corrected chi connectivity index (χ4v) is 3.77. The van der Waals surface area contributed by atoms with Gasteiger partial charge in [-0.25, -0.2) is 9.50 Å². The molecule has 24 heavy (non-hydrogen) atoms. The molecule has 4 rings (SSSR count). The Balaban J connectivity index is 1.88. The Morgan fingerprint density at radius 1 is 1.25 bits per heavy atom. The molecule has 0 spiro atoms. The van der Waals surface area contributed by atoms with Gasteiger partial charge in [-0.05, 0) is 32.0 Å². The highest BCUT2D eigenvalue weighted by Gasteiger charge is 2.15.